The van der Waals surface area contributed by atoms with Crippen LogP contribution in [0.15, 0.2) is 51.7 Å². The molecule has 0 radical (unpaired) electrons. The molecule has 1 aliphatic rings. The van der Waals surface area contributed by atoms with E-state index in [9.17, 15) is 18.0 Å². The molecule has 37 heavy (non-hydrogen) atoms. The van der Waals surface area contributed by atoms with Gasteiger partial charge in [-0.1, -0.05) is 23.1 Å². The molecule has 0 unspecified atom stereocenters. The third-order valence-corrected chi connectivity index (χ3v) is 9.33. The highest BCUT2D eigenvalue weighted by Crippen LogP contribution is 2.30. The molecular formula is C23H25N5O6S3. The van der Waals surface area contributed by atoms with Gasteiger partial charge in [-0.3, -0.25) is 14.9 Å². The first-order chi connectivity index (χ1) is 17.8. The van der Waals surface area contributed by atoms with E-state index in [-0.39, 0.29) is 21.7 Å². The molecule has 196 valence electrons. The van der Waals surface area contributed by atoms with Gasteiger partial charge in [-0.05, 0) is 49.2 Å². The number of carbonyl (C=O) groups is 2. The van der Waals surface area contributed by atoms with E-state index >= 15 is 0 Å². The van der Waals surface area contributed by atoms with Crippen molar-refractivity contribution in [2.75, 3.05) is 43.7 Å². The SMILES string of the molecule is COc1ccc(NC(=O)CSc2nnc(NC(=O)c3ccc(S(=O)(=O)N4CCCC4)cc3)s2)cc1OC. The number of thioether (sulfide) groups is 1. The van der Waals surface area contributed by atoms with E-state index in [0.717, 1.165) is 24.2 Å². The Hall–Kier alpha value is -3.20. The fourth-order valence-electron chi connectivity index (χ4n) is 3.58. The Morgan fingerprint density at radius 3 is 2.38 bits per heavy atom. The van der Waals surface area contributed by atoms with Gasteiger partial charge in [0, 0.05) is 30.4 Å². The van der Waals surface area contributed by atoms with Crippen LogP contribution in [0.1, 0.15) is 23.2 Å². The van der Waals surface area contributed by atoms with Gasteiger partial charge in [0.25, 0.3) is 5.91 Å². The molecule has 0 atom stereocenters. The van der Waals surface area contributed by atoms with Gasteiger partial charge < -0.3 is 14.8 Å². The molecule has 1 fully saturated rings. The number of ether oxygens (including phenoxy) is 2. The molecule has 0 bridgehead atoms. The lowest BCUT2D eigenvalue weighted by Crippen LogP contribution is -2.27. The van der Waals surface area contributed by atoms with Crippen molar-refractivity contribution >= 4 is 55.8 Å². The number of carbonyl (C=O) groups excluding carboxylic acids is 2. The average molecular weight is 564 g/mol. The van der Waals surface area contributed by atoms with Gasteiger partial charge in [0.1, 0.15) is 0 Å². The summed E-state index contributed by atoms with van der Waals surface area (Å²) in [4.78, 5) is 25.1. The number of anilines is 2. The molecule has 1 aliphatic heterocycles. The fraction of sp³-hybridized carbons (Fsp3) is 0.304. The van der Waals surface area contributed by atoms with Crippen LogP contribution in [0.25, 0.3) is 0 Å². The Balaban J connectivity index is 1.29. The molecule has 0 aliphatic carbocycles. The third kappa shape index (κ3) is 6.57. The van der Waals surface area contributed by atoms with E-state index < -0.39 is 15.9 Å². The van der Waals surface area contributed by atoms with E-state index in [1.807, 2.05) is 0 Å². The lowest BCUT2D eigenvalue weighted by Gasteiger charge is -2.15. The van der Waals surface area contributed by atoms with Crippen molar-refractivity contribution in [3.63, 3.8) is 0 Å². The van der Waals surface area contributed by atoms with E-state index in [0.29, 0.717) is 40.2 Å². The summed E-state index contributed by atoms with van der Waals surface area (Å²) >= 11 is 2.31. The van der Waals surface area contributed by atoms with Crippen LogP contribution in [-0.4, -0.2) is 67.8 Å². The number of amides is 2. The fourth-order valence-corrected chi connectivity index (χ4v) is 6.65. The molecule has 2 heterocycles. The minimum atomic E-state index is -3.54. The van der Waals surface area contributed by atoms with Crippen molar-refractivity contribution in [3.8, 4) is 11.5 Å². The molecule has 14 heteroatoms. The predicted octanol–water partition coefficient (Wildman–Crippen LogP) is 3.32. The van der Waals surface area contributed by atoms with Crippen LogP contribution in [0.5, 0.6) is 11.5 Å². The summed E-state index contributed by atoms with van der Waals surface area (Å²) in [5.74, 6) is 0.455. The standard InChI is InChI=1S/C23H25N5O6S3/c1-33-18-10-7-16(13-19(18)34-2)24-20(29)14-35-23-27-26-22(36-23)25-21(30)15-5-8-17(9-6-15)37(31,32)28-11-3-4-12-28/h5-10,13H,3-4,11-12,14H2,1-2H3,(H,24,29)(H,25,26,30). The smallest absolute Gasteiger partial charge is 0.257 e. The van der Waals surface area contributed by atoms with Gasteiger partial charge in [0.2, 0.25) is 21.1 Å². The van der Waals surface area contributed by atoms with Crippen molar-refractivity contribution in [2.24, 2.45) is 0 Å². The summed E-state index contributed by atoms with van der Waals surface area (Å²) in [5.41, 5.74) is 0.854. The second kappa shape index (κ2) is 11.9. The van der Waals surface area contributed by atoms with Crippen LogP contribution in [0.2, 0.25) is 0 Å². The van der Waals surface area contributed by atoms with Gasteiger partial charge in [-0.2, -0.15) is 4.31 Å². The number of rotatable bonds is 10. The highest BCUT2D eigenvalue weighted by atomic mass is 32.2. The summed E-state index contributed by atoms with van der Waals surface area (Å²) in [6.45, 7) is 1.03. The minimum absolute atomic E-state index is 0.0872. The summed E-state index contributed by atoms with van der Waals surface area (Å²) in [5, 5.41) is 13.6. The Morgan fingerprint density at radius 1 is 1.00 bits per heavy atom. The Morgan fingerprint density at radius 2 is 1.70 bits per heavy atom. The number of aromatic nitrogens is 2. The maximum Gasteiger partial charge on any atom is 0.257 e. The van der Waals surface area contributed by atoms with Gasteiger partial charge in [0.05, 0.1) is 24.9 Å². The Bertz CT molecular complexity index is 1370. The molecule has 3 aromatic rings. The second-order valence-electron chi connectivity index (χ2n) is 7.87. The molecule has 0 spiro atoms. The number of nitrogens with one attached hydrogen (secondary N) is 2. The Labute approximate surface area is 222 Å². The lowest BCUT2D eigenvalue weighted by atomic mass is 10.2. The first-order valence-corrected chi connectivity index (χ1v) is 14.4. The number of methoxy groups -OCH3 is 2. The molecule has 2 N–H and O–H groups in total. The van der Waals surface area contributed by atoms with Gasteiger partial charge in [0.15, 0.2) is 15.8 Å². The second-order valence-corrected chi connectivity index (χ2v) is 12.0. The quantitative estimate of drug-likeness (QED) is 0.281. The van der Waals surface area contributed by atoms with Crippen molar-refractivity contribution in [1.82, 2.24) is 14.5 Å². The van der Waals surface area contributed by atoms with Crippen molar-refractivity contribution in [1.29, 1.82) is 0 Å². The number of sulfonamides is 1. The Kier molecular flexibility index (Phi) is 8.63. The highest BCUT2D eigenvalue weighted by molar-refractivity contribution is 8.01. The molecule has 4 rings (SSSR count). The largest absolute Gasteiger partial charge is 0.493 e. The summed E-state index contributed by atoms with van der Waals surface area (Å²) in [6.07, 6.45) is 1.70. The maximum atomic E-state index is 12.6. The number of hydrogen-bond acceptors (Lipinski definition) is 10. The first kappa shape index (κ1) is 26.9. The molecule has 1 saturated heterocycles. The lowest BCUT2D eigenvalue weighted by molar-refractivity contribution is -0.113. The highest BCUT2D eigenvalue weighted by Gasteiger charge is 2.27. The topological polar surface area (TPSA) is 140 Å². The van der Waals surface area contributed by atoms with Crippen LogP contribution in [0.4, 0.5) is 10.8 Å². The zero-order valence-corrected chi connectivity index (χ0v) is 22.5. The van der Waals surface area contributed by atoms with Gasteiger partial charge in [-0.25, -0.2) is 8.42 Å². The van der Waals surface area contributed by atoms with Crippen molar-refractivity contribution in [3.05, 3.63) is 48.0 Å². The summed E-state index contributed by atoms with van der Waals surface area (Å²) in [6, 6.07) is 10.9. The number of benzene rings is 2. The van der Waals surface area contributed by atoms with E-state index in [1.54, 1.807) is 18.2 Å². The minimum Gasteiger partial charge on any atom is -0.493 e. The molecular weight excluding hydrogens is 538 g/mol. The number of hydrogen-bond donors (Lipinski definition) is 2. The zero-order valence-electron chi connectivity index (χ0n) is 20.1. The van der Waals surface area contributed by atoms with Gasteiger partial charge in [-0.15, -0.1) is 10.2 Å². The predicted molar refractivity (Wildman–Crippen MR) is 141 cm³/mol. The third-order valence-electron chi connectivity index (χ3n) is 5.44. The van der Waals surface area contributed by atoms with E-state index in [4.69, 9.17) is 9.47 Å². The van der Waals surface area contributed by atoms with Crippen LogP contribution < -0.4 is 20.1 Å². The number of nitrogens with zero attached hydrogens (tertiary/aromatic N) is 3. The van der Waals surface area contributed by atoms with Gasteiger partial charge >= 0.3 is 0 Å². The zero-order chi connectivity index (χ0) is 26.4. The van der Waals surface area contributed by atoms with Crippen LogP contribution in [-0.2, 0) is 14.8 Å². The summed E-state index contributed by atoms with van der Waals surface area (Å²) in [7, 11) is -0.497. The van der Waals surface area contributed by atoms with Crippen LogP contribution >= 0.6 is 23.1 Å². The maximum absolute atomic E-state index is 12.6. The van der Waals surface area contributed by atoms with E-state index in [1.165, 1.54) is 54.6 Å². The normalized spacial score (nSPS) is 13.8. The van der Waals surface area contributed by atoms with Crippen molar-refractivity contribution in [2.45, 2.75) is 22.1 Å². The first-order valence-electron chi connectivity index (χ1n) is 11.2. The molecule has 11 nitrogen and oxygen atoms in total. The molecule has 2 aromatic carbocycles. The molecule has 1 aromatic heterocycles. The van der Waals surface area contributed by atoms with Crippen LogP contribution in [0, 0.1) is 0 Å². The average Bonchev–Trinajstić information content (AvgIpc) is 3.60. The van der Waals surface area contributed by atoms with Crippen molar-refractivity contribution < 1.29 is 27.5 Å². The van der Waals surface area contributed by atoms with Crippen LogP contribution in [0.3, 0.4) is 0 Å². The monoisotopic (exact) mass is 563 g/mol. The molecule has 2 amide bonds. The summed E-state index contributed by atoms with van der Waals surface area (Å²) < 4.78 is 37.7. The molecule has 0 saturated carbocycles. The van der Waals surface area contributed by atoms with E-state index in [2.05, 4.69) is 20.8 Å².